The third-order valence-corrected chi connectivity index (χ3v) is 4.48. The van der Waals surface area contributed by atoms with E-state index in [1.54, 1.807) is 0 Å². The number of rotatable bonds is 2. The van der Waals surface area contributed by atoms with Crippen molar-refractivity contribution >= 4 is 21.7 Å². The number of hydrogen-bond acceptors (Lipinski definition) is 6. The molecule has 0 spiro atoms. The lowest BCUT2D eigenvalue weighted by atomic mass is 9.97. The Balaban J connectivity index is 2.63. The van der Waals surface area contributed by atoms with Gasteiger partial charge >= 0.3 is 0 Å². The van der Waals surface area contributed by atoms with Gasteiger partial charge in [0.15, 0.2) is 5.82 Å². The molecule has 98 valence electrons. The second-order valence-electron chi connectivity index (χ2n) is 4.49. The summed E-state index contributed by atoms with van der Waals surface area (Å²) >= 11 is 0. The van der Waals surface area contributed by atoms with Gasteiger partial charge in [0.1, 0.15) is 5.84 Å². The van der Waals surface area contributed by atoms with E-state index in [0.29, 0.717) is 4.41 Å². The van der Waals surface area contributed by atoms with Gasteiger partial charge in [-0.3, -0.25) is 0 Å². The monoisotopic (exact) mass is 269 g/mol. The Morgan fingerprint density at radius 3 is 2.44 bits per heavy atom. The average Bonchev–Trinajstić information content (AvgIpc) is 2.33. The SMILES string of the molecule is CC(C)C(C)C1=Nc2nccnc2S(=O)(=O)N1N. The van der Waals surface area contributed by atoms with Gasteiger partial charge < -0.3 is 0 Å². The van der Waals surface area contributed by atoms with Crippen LogP contribution in [0.25, 0.3) is 0 Å². The summed E-state index contributed by atoms with van der Waals surface area (Å²) in [5, 5.41) is -0.202. The van der Waals surface area contributed by atoms with E-state index in [-0.39, 0.29) is 28.5 Å². The number of nitrogens with two attached hydrogens (primary N) is 1. The van der Waals surface area contributed by atoms with E-state index in [9.17, 15) is 8.42 Å². The number of aliphatic imine (C=N–C) groups is 1. The Morgan fingerprint density at radius 1 is 1.22 bits per heavy atom. The van der Waals surface area contributed by atoms with Gasteiger partial charge in [0.05, 0.1) is 0 Å². The van der Waals surface area contributed by atoms with Gasteiger partial charge in [-0.15, -0.1) is 0 Å². The summed E-state index contributed by atoms with van der Waals surface area (Å²) in [5.74, 6) is 6.16. The molecule has 1 aliphatic heterocycles. The molecule has 0 saturated heterocycles. The molecule has 1 aromatic rings. The number of fused-ring (bicyclic) bond motifs is 1. The zero-order valence-electron chi connectivity index (χ0n) is 10.4. The highest BCUT2D eigenvalue weighted by atomic mass is 32.2. The van der Waals surface area contributed by atoms with Crippen LogP contribution in [-0.2, 0) is 10.0 Å². The second kappa shape index (κ2) is 4.29. The summed E-state index contributed by atoms with van der Waals surface area (Å²) in [4.78, 5) is 11.9. The quantitative estimate of drug-likeness (QED) is 0.795. The minimum atomic E-state index is -3.84. The standard InChI is InChI=1S/C10H15N5O2S/c1-6(2)7(3)9-14-8-10(13-5-4-12-8)18(16,17)15(9)11/h4-7H,11H2,1-3H3. The van der Waals surface area contributed by atoms with E-state index in [4.69, 9.17) is 5.84 Å². The molecule has 1 unspecified atom stereocenters. The van der Waals surface area contributed by atoms with Crippen molar-refractivity contribution in [3.63, 3.8) is 0 Å². The minimum absolute atomic E-state index is 0.0973. The van der Waals surface area contributed by atoms with Crippen molar-refractivity contribution in [3.05, 3.63) is 12.4 Å². The van der Waals surface area contributed by atoms with Gasteiger partial charge in [0, 0.05) is 18.3 Å². The van der Waals surface area contributed by atoms with Gasteiger partial charge in [-0.2, -0.15) is 12.8 Å². The normalized spacial score (nSPS) is 19.4. The zero-order valence-corrected chi connectivity index (χ0v) is 11.2. The van der Waals surface area contributed by atoms with Gasteiger partial charge in [0.2, 0.25) is 5.03 Å². The summed E-state index contributed by atoms with van der Waals surface area (Å²) in [6.07, 6.45) is 2.71. The first-order valence-electron chi connectivity index (χ1n) is 5.55. The van der Waals surface area contributed by atoms with Crippen LogP contribution in [0.2, 0.25) is 0 Å². The van der Waals surface area contributed by atoms with Crippen LogP contribution in [-0.4, -0.2) is 28.6 Å². The van der Waals surface area contributed by atoms with Crippen molar-refractivity contribution in [1.82, 2.24) is 14.4 Å². The van der Waals surface area contributed by atoms with Gasteiger partial charge in [-0.05, 0) is 5.92 Å². The summed E-state index contributed by atoms with van der Waals surface area (Å²) in [7, 11) is -3.84. The van der Waals surface area contributed by atoms with Crippen molar-refractivity contribution in [1.29, 1.82) is 0 Å². The molecular formula is C10H15N5O2S. The first-order chi connectivity index (χ1) is 8.35. The number of amidine groups is 1. The molecule has 18 heavy (non-hydrogen) atoms. The van der Waals surface area contributed by atoms with Crippen molar-refractivity contribution in [2.45, 2.75) is 25.8 Å². The molecule has 2 heterocycles. The summed E-state index contributed by atoms with van der Waals surface area (Å²) in [6, 6.07) is 0. The van der Waals surface area contributed by atoms with Crippen LogP contribution in [0, 0.1) is 11.8 Å². The lowest BCUT2D eigenvalue weighted by Gasteiger charge is -2.29. The third-order valence-electron chi connectivity index (χ3n) is 3.00. The molecule has 0 fully saturated rings. The van der Waals surface area contributed by atoms with Crippen molar-refractivity contribution < 1.29 is 8.42 Å². The smallest absolute Gasteiger partial charge is 0.238 e. The highest BCUT2D eigenvalue weighted by molar-refractivity contribution is 7.89. The maximum absolute atomic E-state index is 12.2. The first-order valence-corrected chi connectivity index (χ1v) is 6.99. The van der Waals surface area contributed by atoms with Gasteiger partial charge in [-0.1, -0.05) is 20.8 Å². The van der Waals surface area contributed by atoms with E-state index in [1.807, 2.05) is 20.8 Å². The Morgan fingerprint density at radius 2 is 1.83 bits per heavy atom. The topological polar surface area (TPSA) is 102 Å². The molecule has 0 bridgehead atoms. The highest BCUT2D eigenvalue weighted by Crippen LogP contribution is 2.29. The van der Waals surface area contributed by atoms with E-state index in [2.05, 4.69) is 15.0 Å². The van der Waals surface area contributed by atoms with E-state index in [1.165, 1.54) is 12.4 Å². The van der Waals surface area contributed by atoms with Crippen LogP contribution in [0.1, 0.15) is 20.8 Å². The van der Waals surface area contributed by atoms with Gasteiger partial charge in [0.25, 0.3) is 10.0 Å². The number of nitrogens with zero attached hydrogens (tertiary/aromatic N) is 4. The van der Waals surface area contributed by atoms with E-state index >= 15 is 0 Å². The molecule has 0 radical (unpaired) electrons. The number of sulfonamides is 1. The fraction of sp³-hybridized carbons (Fsp3) is 0.500. The molecule has 2 N–H and O–H groups in total. The molecule has 1 aliphatic rings. The van der Waals surface area contributed by atoms with Crippen LogP contribution >= 0.6 is 0 Å². The predicted molar refractivity (Wildman–Crippen MR) is 66.3 cm³/mol. The molecule has 0 amide bonds. The zero-order chi connectivity index (χ0) is 13.5. The lowest BCUT2D eigenvalue weighted by molar-refractivity contribution is 0.463. The Hall–Kier alpha value is -1.54. The molecule has 8 heteroatoms. The molecule has 0 saturated carbocycles. The van der Waals surface area contributed by atoms with Crippen LogP contribution in [0.5, 0.6) is 0 Å². The summed E-state index contributed by atoms with van der Waals surface area (Å²) in [6.45, 7) is 5.82. The molecule has 1 aromatic heterocycles. The lowest BCUT2D eigenvalue weighted by Crippen LogP contribution is -2.48. The molecular weight excluding hydrogens is 254 g/mol. The van der Waals surface area contributed by atoms with Gasteiger partial charge in [-0.25, -0.2) is 20.8 Å². The largest absolute Gasteiger partial charge is 0.300 e. The van der Waals surface area contributed by atoms with Crippen LogP contribution in [0.3, 0.4) is 0 Å². The van der Waals surface area contributed by atoms with Crippen molar-refractivity contribution in [2.24, 2.45) is 22.7 Å². The molecule has 0 aromatic carbocycles. The Labute approximate surface area is 106 Å². The molecule has 1 atom stereocenters. The highest BCUT2D eigenvalue weighted by Gasteiger charge is 2.37. The number of hydrazine groups is 1. The Kier molecular flexibility index (Phi) is 3.07. The summed E-state index contributed by atoms with van der Waals surface area (Å²) in [5.41, 5.74) is 0. The predicted octanol–water partition coefficient (Wildman–Crippen LogP) is 0.677. The van der Waals surface area contributed by atoms with E-state index in [0.717, 1.165) is 0 Å². The van der Waals surface area contributed by atoms with Crippen LogP contribution in [0.4, 0.5) is 5.82 Å². The minimum Gasteiger partial charge on any atom is -0.238 e. The molecule has 7 nitrogen and oxygen atoms in total. The average molecular weight is 269 g/mol. The van der Waals surface area contributed by atoms with E-state index < -0.39 is 10.0 Å². The summed E-state index contributed by atoms with van der Waals surface area (Å²) < 4.78 is 25.0. The third kappa shape index (κ3) is 1.87. The van der Waals surface area contributed by atoms with Crippen molar-refractivity contribution in [3.8, 4) is 0 Å². The number of hydrogen-bond donors (Lipinski definition) is 1. The maximum Gasteiger partial charge on any atom is 0.300 e. The molecule has 2 rings (SSSR count). The van der Waals surface area contributed by atoms with Crippen LogP contribution in [0.15, 0.2) is 22.4 Å². The fourth-order valence-corrected chi connectivity index (χ4v) is 2.71. The fourth-order valence-electron chi connectivity index (χ4n) is 1.55. The Bertz CT molecular complexity index is 596. The number of aromatic nitrogens is 2. The van der Waals surface area contributed by atoms with Crippen LogP contribution < -0.4 is 5.84 Å². The molecule has 0 aliphatic carbocycles. The van der Waals surface area contributed by atoms with Crippen molar-refractivity contribution in [2.75, 3.05) is 0 Å². The first kappa shape index (κ1) is 12.9. The second-order valence-corrected chi connectivity index (χ2v) is 6.22. The maximum atomic E-state index is 12.2.